The Labute approximate surface area is 115 Å². The molecule has 1 saturated carbocycles. The van der Waals surface area contributed by atoms with Gasteiger partial charge in [0.15, 0.2) is 5.11 Å². The lowest BCUT2D eigenvalue weighted by Crippen LogP contribution is -2.33. The Morgan fingerprint density at radius 2 is 2.06 bits per heavy atom. The Kier molecular flexibility index (Phi) is 5.00. The van der Waals surface area contributed by atoms with E-state index in [1.807, 2.05) is 12.1 Å². The summed E-state index contributed by atoms with van der Waals surface area (Å²) in [6.07, 6.45) is 6.86. The van der Waals surface area contributed by atoms with Crippen molar-refractivity contribution in [3.63, 3.8) is 0 Å². The third kappa shape index (κ3) is 4.30. The molecule has 0 bridgehead atoms. The van der Waals surface area contributed by atoms with Gasteiger partial charge in [-0.1, -0.05) is 31.4 Å². The lowest BCUT2D eigenvalue weighted by atomic mass is 9.89. The van der Waals surface area contributed by atoms with Gasteiger partial charge in [-0.05, 0) is 55.6 Å². The van der Waals surface area contributed by atoms with E-state index < -0.39 is 0 Å². The van der Waals surface area contributed by atoms with E-state index in [-0.39, 0.29) is 0 Å². The highest BCUT2D eigenvalue weighted by atomic mass is 32.1. The molecule has 0 heterocycles. The van der Waals surface area contributed by atoms with Crippen LogP contribution in [-0.2, 0) is 0 Å². The molecule has 3 heteroatoms. The molecule has 2 N–H and O–H groups in total. The molecular formula is C15H22N2S. The van der Waals surface area contributed by atoms with Crippen LogP contribution < -0.4 is 10.6 Å². The first-order valence-electron chi connectivity index (χ1n) is 6.85. The van der Waals surface area contributed by atoms with Crippen molar-refractivity contribution in [2.75, 3.05) is 11.9 Å². The van der Waals surface area contributed by atoms with Crippen LogP contribution >= 0.6 is 12.2 Å². The van der Waals surface area contributed by atoms with Gasteiger partial charge < -0.3 is 10.6 Å². The Morgan fingerprint density at radius 3 is 2.78 bits per heavy atom. The van der Waals surface area contributed by atoms with E-state index in [4.69, 9.17) is 12.2 Å². The fraction of sp³-hybridized carbons (Fsp3) is 0.533. The molecule has 0 spiro atoms. The molecule has 1 aliphatic carbocycles. The molecule has 0 aliphatic heterocycles. The van der Waals surface area contributed by atoms with Crippen molar-refractivity contribution in [2.45, 2.75) is 39.0 Å². The van der Waals surface area contributed by atoms with E-state index >= 15 is 0 Å². The molecule has 0 saturated heterocycles. The molecule has 1 aromatic carbocycles. The second-order valence-corrected chi connectivity index (χ2v) is 5.62. The van der Waals surface area contributed by atoms with Gasteiger partial charge in [0.2, 0.25) is 0 Å². The minimum Gasteiger partial charge on any atom is -0.362 e. The van der Waals surface area contributed by atoms with E-state index in [1.165, 1.54) is 37.7 Å². The molecular weight excluding hydrogens is 240 g/mol. The monoisotopic (exact) mass is 262 g/mol. The fourth-order valence-corrected chi connectivity index (χ4v) is 2.73. The Bertz CT molecular complexity index is 397. The van der Waals surface area contributed by atoms with Gasteiger partial charge in [-0.25, -0.2) is 0 Å². The quantitative estimate of drug-likeness (QED) is 0.809. The van der Waals surface area contributed by atoms with Gasteiger partial charge in [0.1, 0.15) is 0 Å². The molecule has 18 heavy (non-hydrogen) atoms. The first-order valence-corrected chi connectivity index (χ1v) is 7.26. The first kappa shape index (κ1) is 13.3. The summed E-state index contributed by atoms with van der Waals surface area (Å²) in [5.41, 5.74) is 2.31. The fourth-order valence-electron chi connectivity index (χ4n) is 2.53. The minimum absolute atomic E-state index is 0.742. The standard InChI is InChI=1S/C15H22N2S/c1-12-6-5-9-14(10-12)17-15(18)16-11-13-7-3-2-4-8-13/h5-6,9-10,13H,2-4,7-8,11H2,1H3,(H2,16,17,18). The van der Waals surface area contributed by atoms with Gasteiger partial charge in [0.25, 0.3) is 0 Å². The normalized spacial score (nSPS) is 16.3. The zero-order valence-electron chi connectivity index (χ0n) is 11.0. The zero-order chi connectivity index (χ0) is 12.8. The number of hydrogen-bond acceptors (Lipinski definition) is 1. The first-order chi connectivity index (χ1) is 8.74. The van der Waals surface area contributed by atoms with E-state index in [0.29, 0.717) is 0 Å². The van der Waals surface area contributed by atoms with E-state index in [0.717, 1.165) is 23.3 Å². The van der Waals surface area contributed by atoms with E-state index in [9.17, 15) is 0 Å². The van der Waals surface area contributed by atoms with Crippen molar-refractivity contribution in [3.8, 4) is 0 Å². The Balaban J connectivity index is 1.74. The van der Waals surface area contributed by atoms with Crippen LogP contribution in [0.2, 0.25) is 0 Å². The van der Waals surface area contributed by atoms with Gasteiger partial charge in [0.05, 0.1) is 0 Å². The molecule has 0 unspecified atom stereocenters. The van der Waals surface area contributed by atoms with Gasteiger partial charge >= 0.3 is 0 Å². The predicted octanol–water partition coefficient (Wildman–Crippen LogP) is 3.86. The topological polar surface area (TPSA) is 24.1 Å². The van der Waals surface area contributed by atoms with Crippen LogP contribution in [0.1, 0.15) is 37.7 Å². The van der Waals surface area contributed by atoms with E-state index in [2.05, 4.69) is 29.7 Å². The zero-order valence-corrected chi connectivity index (χ0v) is 11.9. The number of benzene rings is 1. The average Bonchev–Trinajstić information content (AvgIpc) is 2.38. The number of nitrogens with one attached hydrogen (secondary N) is 2. The van der Waals surface area contributed by atoms with Gasteiger partial charge in [-0.2, -0.15) is 0 Å². The van der Waals surface area contributed by atoms with Gasteiger partial charge in [-0.15, -0.1) is 0 Å². The van der Waals surface area contributed by atoms with Crippen LogP contribution in [0.3, 0.4) is 0 Å². The molecule has 0 radical (unpaired) electrons. The molecule has 2 nitrogen and oxygen atoms in total. The lowest BCUT2D eigenvalue weighted by molar-refractivity contribution is 0.357. The van der Waals surface area contributed by atoms with Crippen LogP contribution in [0.15, 0.2) is 24.3 Å². The maximum Gasteiger partial charge on any atom is 0.170 e. The maximum atomic E-state index is 5.33. The number of anilines is 1. The SMILES string of the molecule is Cc1cccc(NC(=S)NCC2CCCCC2)c1. The van der Waals surface area contributed by atoms with E-state index in [1.54, 1.807) is 0 Å². The smallest absolute Gasteiger partial charge is 0.170 e. The summed E-state index contributed by atoms with van der Waals surface area (Å²) < 4.78 is 0. The summed E-state index contributed by atoms with van der Waals surface area (Å²) in [5, 5.41) is 7.33. The number of aryl methyl sites for hydroxylation is 1. The van der Waals surface area contributed by atoms with Gasteiger partial charge in [-0.3, -0.25) is 0 Å². The van der Waals surface area contributed by atoms with Crippen LogP contribution in [0.4, 0.5) is 5.69 Å². The van der Waals surface area contributed by atoms with Crippen molar-refractivity contribution in [1.29, 1.82) is 0 Å². The second-order valence-electron chi connectivity index (χ2n) is 5.21. The maximum absolute atomic E-state index is 5.33. The molecule has 1 fully saturated rings. The third-order valence-electron chi connectivity index (χ3n) is 3.55. The van der Waals surface area contributed by atoms with Gasteiger partial charge in [0, 0.05) is 12.2 Å². The number of thiocarbonyl (C=S) groups is 1. The third-order valence-corrected chi connectivity index (χ3v) is 3.80. The van der Waals surface area contributed by atoms with Crippen LogP contribution in [0.25, 0.3) is 0 Å². The molecule has 0 atom stereocenters. The average molecular weight is 262 g/mol. The van der Waals surface area contributed by atoms with Crippen LogP contribution in [-0.4, -0.2) is 11.7 Å². The summed E-state index contributed by atoms with van der Waals surface area (Å²) in [5.74, 6) is 0.802. The summed E-state index contributed by atoms with van der Waals surface area (Å²) >= 11 is 5.33. The predicted molar refractivity (Wildman–Crippen MR) is 82.0 cm³/mol. The van der Waals surface area contributed by atoms with Crippen molar-refractivity contribution < 1.29 is 0 Å². The van der Waals surface area contributed by atoms with Crippen LogP contribution in [0, 0.1) is 12.8 Å². The highest BCUT2D eigenvalue weighted by Gasteiger charge is 2.13. The molecule has 1 aromatic rings. The summed E-state index contributed by atoms with van der Waals surface area (Å²) in [6, 6.07) is 8.28. The summed E-state index contributed by atoms with van der Waals surface area (Å²) in [6.45, 7) is 3.10. The van der Waals surface area contributed by atoms with Crippen LogP contribution in [0.5, 0.6) is 0 Å². The molecule has 0 amide bonds. The van der Waals surface area contributed by atoms with Crippen molar-refractivity contribution in [1.82, 2.24) is 5.32 Å². The molecule has 98 valence electrons. The number of hydrogen-bond donors (Lipinski definition) is 2. The molecule has 1 aliphatic rings. The second kappa shape index (κ2) is 6.74. The Morgan fingerprint density at radius 1 is 1.28 bits per heavy atom. The largest absolute Gasteiger partial charge is 0.362 e. The molecule has 0 aromatic heterocycles. The highest BCUT2D eigenvalue weighted by Crippen LogP contribution is 2.22. The highest BCUT2D eigenvalue weighted by molar-refractivity contribution is 7.80. The summed E-state index contributed by atoms with van der Waals surface area (Å²) in [7, 11) is 0. The molecule has 2 rings (SSSR count). The Hall–Kier alpha value is -1.09. The van der Waals surface area contributed by atoms with Crippen molar-refractivity contribution >= 4 is 23.0 Å². The minimum atomic E-state index is 0.742. The number of rotatable bonds is 3. The van der Waals surface area contributed by atoms with Crippen molar-refractivity contribution in [3.05, 3.63) is 29.8 Å². The van der Waals surface area contributed by atoms with Crippen molar-refractivity contribution in [2.24, 2.45) is 5.92 Å². The lowest BCUT2D eigenvalue weighted by Gasteiger charge is -2.22. The summed E-state index contributed by atoms with van der Waals surface area (Å²) in [4.78, 5) is 0.